The van der Waals surface area contributed by atoms with Gasteiger partial charge in [0.05, 0.1) is 0 Å². The van der Waals surface area contributed by atoms with Gasteiger partial charge in [-0.3, -0.25) is 0 Å². The molecule has 2 aromatic rings. The van der Waals surface area contributed by atoms with E-state index < -0.39 is 11.6 Å². The molecule has 0 heterocycles. The highest BCUT2D eigenvalue weighted by atomic mass is 35.5. The summed E-state index contributed by atoms with van der Waals surface area (Å²) in [6.07, 6.45) is 0.348. The van der Waals surface area contributed by atoms with E-state index in [4.69, 9.17) is 17.3 Å². The largest absolute Gasteiger partial charge is 0.330 e. The topological polar surface area (TPSA) is 26.0 Å². The molecule has 0 radical (unpaired) electrons. The van der Waals surface area contributed by atoms with Crippen LogP contribution < -0.4 is 5.73 Å². The fourth-order valence-electron chi connectivity index (χ4n) is 2.07. The summed E-state index contributed by atoms with van der Waals surface area (Å²) < 4.78 is 26.8. The molecular weight excluding hydrogens is 268 g/mol. The summed E-state index contributed by atoms with van der Waals surface area (Å²) in [5, 5.41) is 0.607. The number of hydrogen-bond acceptors (Lipinski definition) is 1. The van der Waals surface area contributed by atoms with E-state index in [0.717, 1.165) is 11.6 Å². The summed E-state index contributed by atoms with van der Waals surface area (Å²) in [5.41, 5.74) is 6.99. The molecule has 2 rings (SSSR count). The van der Waals surface area contributed by atoms with Gasteiger partial charge >= 0.3 is 0 Å². The van der Waals surface area contributed by atoms with E-state index in [1.807, 2.05) is 12.1 Å². The molecule has 19 heavy (non-hydrogen) atoms. The smallest absolute Gasteiger partial charge is 0.162 e. The first kappa shape index (κ1) is 14.0. The molecular formula is C15H14ClF2N. The summed E-state index contributed by atoms with van der Waals surface area (Å²) in [6.45, 7) is 0.344. The third-order valence-electron chi connectivity index (χ3n) is 3.10. The lowest BCUT2D eigenvalue weighted by Crippen LogP contribution is -2.16. The van der Waals surface area contributed by atoms with Gasteiger partial charge in [0.1, 0.15) is 0 Å². The summed E-state index contributed by atoms with van der Waals surface area (Å²) in [5.74, 6) is -1.72. The molecule has 0 saturated heterocycles. The third-order valence-corrected chi connectivity index (χ3v) is 3.34. The van der Waals surface area contributed by atoms with Crippen LogP contribution in [0.4, 0.5) is 8.78 Å². The molecule has 0 spiro atoms. The molecule has 4 heteroatoms. The number of benzene rings is 2. The fraction of sp³-hybridized carbons (Fsp3) is 0.200. The molecule has 0 bridgehead atoms. The van der Waals surface area contributed by atoms with Crippen LogP contribution in [0.15, 0.2) is 42.5 Å². The molecule has 0 aromatic heterocycles. The molecule has 0 saturated carbocycles. The Morgan fingerprint density at radius 1 is 1.11 bits per heavy atom. The van der Waals surface area contributed by atoms with E-state index in [9.17, 15) is 8.78 Å². The van der Waals surface area contributed by atoms with Crippen LogP contribution >= 0.6 is 11.6 Å². The van der Waals surface area contributed by atoms with Gasteiger partial charge in [0.2, 0.25) is 0 Å². The number of halogens is 3. The van der Waals surface area contributed by atoms with Crippen LogP contribution in [-0.2, 0) is 6.42 Å². The molecule has 100 valence electrons. The van der Waals surface area contributed by atoms with Crippen LogP contribution in [0.1, 0.15) is 17.0 Å². The van der Waals surface area contributed by atoms with Crippen LogP contribution in [0, 0.1) is 11.6 Å². The lowest BCUT2D eigenvalue weighted by Gasteiger charge is -2.16. The van der Waals surface area contributed by atoms with Gasteiger partial charge in [0, 0.05) is 10.9 Å². The monoisotopic (exact) mass is 281 g/mol. The minimum absolute atomic E-state index is 0.0880. The average Bonchev–Trinajstić information content (AvgIpc) is 2.40. The van der Waals surface area contributed by atoms with Crippen LogP contribution in [0.2, 0.25) is 5.02 Å². The normalized spacial score (nSPS) is 12.4. The van der Waals surface area contributed by atoms with E-state index >= 15 is 0 Å². The molecule has 1 atom stereocenters. The van der Waals surface area contributed by atoms with Gasteiger partial charge in [0.15, 0.2) is 11.6 Å². The van der Waals surface area contributed by atoms with Crippen molar-refractivity contribution in [1.82, 2.24) is 0 Å². The zero-order valence-corrected chi connectivity index (χ0v) is 11.0. The van der Waals surface area contributed by atoms with Crippen molar-refractivity contribution in [2.75, 3.05) is 6.54 Å². The SMILES string of the molecule is NCC(Cc1cccc(F)c1F)c1cccc(Cl)c1. The molecule has 0 fully saturated rings. The van der Waals surface area contributed by atoms with E-state index in [1.54, 1.807) is 18.2 Å². The second kappa shape index (κ2) is 6.13. The predicted octanol–water partition coefficient (Wildman–Crippen LogP) is 3.90. The van der Waals surface area contributed by atoms with Gasteiger partial charge in [-0.2, -0.15) is 0 Å². The minimum atomic E-state index is -0.834. The fourth-order valence-corrected chi connectivity index (χ4v) is 2.27. The van der Waals surface area contributed by atoms with Gasteiger partial charge in [-0.1, -0.05) is 35.9 Å². The molecule has 2 aromatic carbocycles. The average molecular weight is 282 g/mol. The molecule has 0 aliphatic heterocycles. The second-order valence-electron chi connectivity index (χ2n) is 4.40. The van der Waals surface area contributed by atoms with E-state index in [0.29, 0.717) is 23.6 Å². The highest BCUT2D eigenvalue weighted by Gasteiger charge is 2.15. The first-order valence-corrected chi connectivity index (χ1v) is 6.38. The standard InChI is InChI=1S/C15H14ClF2N/c16-13-5-1-3-10(8-13)12(9-19)7-11-4-2-6-14(17)15(11)18/h1-6,8,12H,7,9,19H2. The molecule has 0 amide bonds. The molecule has 0 aliphatic rings. The maximum Gasteiger partial charge on any atom is 0.162 e. The first-order valence-electron chi connectivity index (χ1n) is 6.00. The summed E-state index contributed by atoms with van der Waals surface area (Å²) in [7, 11) is 0. The van der Waals surface area contributed by atoms with Crippen molar-refractivity contribution in [2.45, 2.75) is 12.3 Å². The summed E-state index contributed by atoms with van der Waals surface area (Å²) in [6, 6.07) is 11.5. The van der Waals surface area contributed by atoms with Crippen LogP contribution in [0.5, 0.6) is 0 Å². The lowest BCUT2D eigenvalue weighted by molar-refractivity contribution is 0.493. The Balaban J connectivity index is 2.26. The van der Waals surface area contributed by atoms with E-state index in [1.165, 1.54) is 6.07 Å². The minimum Gasteiger partial charge on any atom is -0.330 e. The Labute approximate surface area is 116 Å². The van der Waals surface area contributed by atoms with Crippen molar-refractivity contribution in [3.8, 4) is 0 Å². The molecule has 2 N–H and O–H groups in total. The molecule has 0 aliphatic carbocycles. The molecule has 1 nitrogen and oxygen atoms in total. The van der Waals surface area contributed by atoms with Crippen LogP contribution in [0.3, 0.4) is 0 Å². The zero-order chi connectivity index (χ0) is 13.8. The highest BCUT2D eigenvalue weighted by molar-refractivity contribution is 6.30. The van der Waals surface area contributed by atoms with Gasteiger partial charge in [-0.15, -0.1) is 0 Å². The predicted molar refractivity (Wildman–Crippen MR) is 73.3 cm³/mol. The summed E-state index contributed by atoms with van der Waals surface area (Å²) >= 11 is 5.93. The quantitative estimate of drug-likeness (QED) is 0.904. The van der Waals surface area contributed by atoms with E-state index in [2.05, 4.69) is 0 Å². The third kappa shape index (κ3) is 3.31. The van der Waals surface area contributed by atoms with Crippen LogP contribution in [-0.4, -0.2) is 6.54 Å². The van der Waals surface area contributed by atoms with E-state index in [-0.39, 0.29) is 5.92 Å². The number of rotatable bonds is 4. The van der Waals surface area contributed by atoms with Gasteiger partial charge in [-0.05, 0) is 42.3 Å². The van der Waals surface area contributed by atoms with Gasteiger partial charge < -0.3 is 5.73 Å². The molecule has 1 unspecified atom stereocenters. The Morgan fingerprint density at radius 3 is 2.53 bits per heavy atom. The van der Waals surface area contributed by atoms with Crippen molar-refractivity contribution in [1.29, 1.82) is 0 Å². The Kier molecular flexibility index (Phi) is 4.51. The first-order chi connectivity index (χ1) is 9.11. The highest BCUT2D eigenvalue weighted by Crippen LogP contribution is 2.24. The second-order valence-corrected chi connectivity index (χ2v) is 4.84. The maximum atomic E-state index is 13.7. The van der Waals surface area contributed by atoms with Gasteiger partial charge in [0.25, 0.3) is 0 Å². The van der Waals surface area contributed by atoms with Crippen molar-refractivity contribution in [3.63, 3.8) is 0 Å². The van der Waals surface area contributed by atoms with Gasteiger partial charge in [-0.25, -0.2) is 8.78 Å². The summed E-state index contributed by atoms with van der Waals surface area (Å²) in [4.78, 5) is 0. The van der Waals surface area contributed by atoms with Crippen molar-refractivity contribution >= 4 is 11.6 Å². The maximum absolute atomic E-state index is 13.7. The van der Waals surface area contributed by atoms with Crippen molar-refractivity contribution in [2.24, 2.45) is 5.73 Å². The Morgan fingerprint density at radius 2 is 1.84 bits per heavy atom. The lowest BCUT2D eigenvalue weighted by atomic mass is 9.92. The Hall–Kier alpha value is -1.45. The number of hydrogen-bond donors (Lipinski definition) is 1. The van der Waals surface area contributed by atoms with Crippen LogP contribution in [0.25, 0.3) is 0 Å². The Bertz CT molecular complexity index is 572. The zero-order valence-electron chi connectivity index (χ0n) is 10.2. The van der Waals surface area contributed by atoms with Crippen molar-refractivity contribution in [3.05, 3.63) is 70.2 Å². The van der Waals surface area contributed by atoms with Crippen molar-refractivity contribution < 1.29 is 8.78 Å². The number of nitrogens with two attached hydrogens (primary N) is 1.